The molecule has 0 aromatic heterocycles. The van der Waals surface area contributed by atoms with Gasteiger partial charge in [-0.2, -0.15) is 13.2 Å². The number of rotatable bonds is 3. The number of hydrogen-bond acceptors (Lipinski definition) is 3. The first kappa shape index (κ1) is 17.6. The third kappa shape index (κ3) is 7.17. The predicted octanol–water partition coefficient (Wildman–Crippen LogP) is 1.75. The van der Waals surface area contributed by atoms with Gasteiger partial charge in [0.25, 0.3) is 0 Å². The molecule has 0 atom stereocenters. The van der Waals surface area contributed by atoms with Crippen molar-refractivity contribution in [3.63, 3.8) is 0 Å². The minimum Gasteiger partial charge on any atom is -0.478 e. The van der Waals surface area contributed by atoms with Crippen molar-refractivity contribution in [2.75, 3.05) is 6.54 Å². The van der Waals surface area contributed by atoms with Crippen molar-refractivity contribution in [1.29, 1.82) is 0 Å². The number of carboxylic acid groups (broad SMARTS) is 2. The number of nitrogens with two attached hydrogens (primary N) is 1. The van der Waals surface area contributed by atoms with E-state index in [9.17, 15) is 18.0 Å². The van der Waals surface area contributed by atoms with Gasteiger partial charge >= 0.3 is 18.1 Å². The molecule has 0 aliphatic carbocycles. The predicted molar refractivity (Wildman–Crippen MR) is 64.8 cm³/mol. The van der Waals surface area contributed by atoms with Crippen molar-refractivity contribution < 1.29 is 33.0 Å². The van der Waals surface area contributed by atoms with Gasteiger partial charge in [-0.05, 0) is 11.6 Å². The van der Waals surface area contributed by atoms with Gasteiger partial charge < -0.3 is 15.9 Å². The molecule has 8 heteroatoms. The Morgan fingerprint density at radius 1 is 1.15 bits per heavy atom. The Hall–Kier alpha value is -2.35. The quantitative estimate of drug-likeness (QED) is 0.736. The highest BCUT2D eigenvalue weighted by Crippen LogP contribution is 2.13. The van der Waals surface area contributed by atoms with E-state index < -0.39 is 18.1 Å². The summed E-state index contributed by atoms with van der Waals surface area (Å²) in [5.41, 5.74) is 6.34. The molecule has 20 heavy (non-hydrogen) atoms. The molecular formula is C12H12F3NO4. The molecule has 0 amide bonds. The topological polar surface area (TPSA) is 101 Å². The number of hydrogen-bond donors (Lipinski definition) is 3. The maximum absolute atomic E-state index is 10.6. The van der Waals surface area contributed by atoms with Crippen LogP contribution in [0.15, 0.2) is 35.9 Å². The molecule has 5 nitrogen and oxygen atoms in total. The second kappa shape index (κ2) is 7.95. The molecule has 0 saturated carbocycles. The van der Waals surface area contributed by atoms with Crippen molar-refractivity contribution in [2.45, 2.75) is 6.18 Å². The van der Waals surface area contributed by atoms with Gasteiger partial charge in [0, 0.05) is 6.54 Å². The van der Waals surface area contributed by atoms with E-state index in [-0.39, 0.29) is 12.1 Å². The van der Waals surface area contributed by atoms with Gasteiger partial charge in [-0.25, -0.2) is 9.59 Å². The van der Waals surface area contributed by atoms with Crippen molar-refractivity contribution in [3.8, 4) is 0 Å². The standard InChI is InChI=1S/C10H11NO2.C2HF3O2/c11-7-9(10(12)13)6-8-4-2-1-3-5-8;3-2(4,5)1(6)7/h1-6H,7,11H2,(H,12,13);(H,6,7)/b9-6+;. The van der Waals surface area contributed by atoms with Crippen LogP contribution in [0.1, 0.15) is 5.56 Å². The molecule has 0 bridgehead atoms. The number of carboxylic acids is 2. The summed E-state index contributed by atoms with van der Waals surface area (Å²) in [6.07, 6.45) is -3.51. The molecule has 0 saturated heterocycles. The number of aliphatic carboxylic acids is 2. The highest BCUT2D eigenvalue weighted by Gasteiger charge is 2.38. The summed E-state index contributed by atoms with van der Waals surface area (Å²) in [5.74, 6) is -3.72. The maximum Gasteiger partial charge on any atom is 0.490 e. The zero-order chi connectivity index (χ0) is 15.8. The number of alkyl halides is 3. The van der Waals surface area contributed by atoms with Gasteiger partial charge in [0.05, 0.1) is 5.57 Å². The Labute approximate surface area is 112 Å². The lowest BCUT2D eigenvalue weighted by molar-refractivity contribution is -0.192. The first-order valence-electron chi connectivity index (χ1n) is 5.17. The molecular weight excluding hydrogens is 279 g/mol. The number of carbonyl (C=O) groups is 2. The van der Waals surface area contributed by atoms with Gasteiger partial charge in [0.2, 0.25) is 0 Å². The molecule has 1 rings (SSSR count). The normalized spacial score (nSPS) is 11.3. The minimum absolute atomic E-state index is 0.0459. The molecule has 0 unspecified atom stereocenters. The molecule has 110 valence electrons. The van der Waals surface area contributed by atoms with E-state index in [1.165, 1.54) is 0 Å². The Morgan fingerprint density at radius 2 is 1.60 bits per heavy atom. The Balaban J connectivity index is 0.000000441. The lowest BCUT2D eigenvalue weighted by Crippen LogP contribution is -2.21. The highest BCUT2D eigenvalue weighted by atomic mass is 19.4. The Morgan fingerprint density at radius 3 is 1.90 bits per heavy atom. The Kier molecular flexibility index (Phi) is 7.01. The van der Waals surface area contributed by atoms with Gasteiger partial charge in [-0.15, -0.1) is 0 Å². The van der Waals surface area contributed by atoms with Gasteiger partial charge in [0.1, 0.15) is 0 Å². The minimum atomic E-state index is -5.08. The third-order valence-corrected chi connectivity index (χ3v) is 1.88. The average Bonchev–Trinajstić information content (AvgIpc) is 2.36. The first-order valence-corrected chi connectivity index (χ1v) is 5.17. The van der Waals surface area contributed by atoms with Crippen molar-refractivity contribution in [1.82, 2.24) is 0 Å². The monoisotopic (exact) mass is 291 g/mol. The summed E-state index contributed by atoms with van der Waals surface area (Å²) in [7, 11) is 0. The van der Waals surface area contributed by atoms with E-state index >= 15 is 0 Å². The largest absolute Gasteiger partial charge is 0.490 e. The van der Waals surface area contributed by atoms with Gasteiger partial charge in [0.15, 0.2) is 0 Å². The van der Waals surface area contributed by atoms with Crippen LogP contribution in [-0.4, -0.2) is 34.9 Å². The number of benzene rings is 1. The van der Waals surface area contributed by atoms with Crippen LogP contribution >= 0.6 is 0 Å². The molecule has 1 aromatic carbocycles. The molecule has 0 aliphatic heterocycles. The first-order chi connectivity index (χ1) is 9.18. The van der Waals surface area contributed by atoms with Crippen LogP contribution in [0.25, 0.3) is 6.08 Å². The zero-order valence-electron chi connectivity index (χ0n) is 10.1. The van der Waals surface area contributed by atoms with E-state index in [1.54, 1.807) is 6.08 Å². The van der Waals surface area contributed by atoms with E-state index in [4.69, 9.17) is 20.7 Å². The lowest BCUT2D eigenvalue weighted by atomic mass is 10.1. The smallest absolute Gasteiger partial charge is 0.478 e. The summed E-state index contributed by atoms with van der Waals surface area (Å²) in [6.45, 7) is 0.0459. The number of halogens is 3. The van der Waals surface area contributed by atoms with Crippen molar-refractivity contribution in [2.24, 2.45) is 5.73 Å². The molecule has 0 aliphatic rings. The zero-order valence-corrected chi connectivity index (χ0v) is 10.1. The highest BCUT2D eigenvalue weighted by molar-refractivity contribution is 5.92. The second-order valence-corrected chi connectivity index (χ2v) is 3.39. The van der Waals surface area contributed by atoms with Crippen LogP contribution in [-0.2, 0) is 9.59 Å². The molecule has 0 fully saturated rings. The summed E-state index contributed by atoms with van der Waals surface area (Å²) < 4.78 is 31.7. The van der Waals surface area contributed by atoms with E-state index in [0.717, 1.165) is 5.56 Å². The van der Waals surface area contributed by atoms with Crippen LogP contribution in [0.3, 0.4) is 0 Å². The van der Waals surface area contributed by atoms with Crippen molar-refractivity contribution >= 4 is 18.0 Å². The van der Waals surface area contributed by atoms with Crippen LogP contribution in [0.4, 0.5) is 13.2 Å². The summed E-state index contributed by atoms with van der Waals surface area (Å²) in [4.78, 5) is 19.5. The second-order valence-electron chi connectivity index (χ2n) is 3.39. The fourth-order valence-corrected chi connectivity index (χ4v) is 0.958. The summed E-state index contributed by atoms with van der Waals surface area (Å²) in [6, 6.07) is 9.24. The van der Waals surface area contributed by atoms with Crippen molar-refractivity contribution in [3.05, 3.63) is 41.5 Å². The molecule has 0 radical (unpaired) electrons. The van der Waals surface area contributed by atoms with Crippen LogP contribution in [0.5, 0.6) is 0 Å². The average molecular weight is 291 g/mol. The molecule has 4 N–H and O–H groups in total. The van der Waals surface area contributed by atoms with Crippen LogP contribution < -0.4 is 5.73 Å². The van der Waals surface area contributed by atoms with Crippen LogP contribution in [0.2, 0.25) is 0 Å². The van der Waals surface area contributed by atoms with E-state index in [1.807, 2.05) is 30.3 Å². The summed E-state index contributed by atoms with van der Waals surface area (Å²) >= 11 is 0. The Bertz CT molecular complexity index is 483. The fraction of sp³-hybridized carbons (Fsp3) is 0.167. The third-order valence-electron chi connectivity index (χ3n) is 1.88. The lowest BCUT2D eigenvalue weighted by Gasteiger charge is -1.97. The van der Waals surface area contributed by atoms with Crippen LogP contribution in [0, 0.1) is 0 Å². The van der Waals surface area contributed by atoms with Gasteiger partial charge in [-0.1, -0.05) is 30.3 Å². The summed E-state index contributed by atoms with van der Waals surface area (Å²) in [5, 5.41) is 15.8. The fourth-order valence-electron chi connectivity index (χ4n) is 0.958. The molecule has 0 spiro atoms. The van der Waals surface area contributed by atoms with Gasteiger partial charge in [-0.3, -0.25) is 0 Å². The van der Waals surface area contributed by atoms with E-state index in [2.05, 4.69) is 0 Å². The molecule has 0 heterocycles. The molecule has 1 aromatic rings. The van der Waals surface area contributed by atoms with E-state index in [0.29, 0.717) is 0 Å². The maximum atomic E-state index is 10.6. The SMILES string of the molecule is NC/C(=C\c1ccccc1)C(=O)O.O=C(O)C(F)(F)F.